The molecule has 0 radical (unpaired) electrons. The predicted molar refractivity (Wildman–Crippen MR) is 102 cm³/mol. The first-order valence-corrected chi connectivity index (χ1v) is 8.27. The smallest absolute Gasteiger partial charge is 0.127 e. The number of fused-ring (bicyclic) bond motifs is 1. The van der Waals surface area contributed by atoms with Crippen LogP contribution < -0.4 is 10.1 Å². The van der Waals surface area contributed by atoms with Gasteiger partial charge in [-0.1, -0.05) is 78.9 Å². The fourth-order valence-electron chi connectivity index (χ4n) is 2.47. The van der Waals surface area contributed by atoms with E-state index in [-0.39, 0.29) is 6.61 Å². The Balaban J connectivity index is 1.54. The van der Waals surface area contributed by atoms with Crippen LogP contribution in [-0.4, -0.2) is 29.4 Å². The highest BCUT2D eigenvalue weighted by molar-refractivity contribution is 7.80. The average molecular weight is 337 g/mol. The van der Waals surface area contributed by atoms with Crippen LogP contribution >= 0.6 is 12.2 Å². The van der Waals surface area contributed by atoms with Gasteiger partial charge in [0.1, 0.15) is 23.4 Å². The van der Waals surface area contributed by atoms with Gasteiger partial charge in [-0.15, -0.1) is 0 Å². The Morgan fingerprint density at radius 2 is 1.67 bits per heavy atom. The minimum absolute atomic E-state index is 0.207. The molecule has 0 aliphatic rings. The molecular formula is C20H19NO2S. The molecule has 3 aromatic rings. The number of benzene rings is 3. The summed E-state index contributed by atoms with van der Waals surface area (Å²) in [6, 6.07) is 23.6. The Labute approximate surface area is 146 Å². The van der Waals surface area contributed by atoms with Gasteiger partial charge in [0, 0.05) is 17.5 Å². The molecule has 4 heteroatoms. The summed E-state index contributed by atoms with van der Waals surface area (Å²) in [4.78, 5) is 0.625. The van der Waals surface area contributed by atoms with E-state index in [0.29, 0.717) is 11.5 Å². The Hall–Kier alpha value is -2.43. The summed E-state index contributed by atoms with van der Waals surface area (Å²) in [5.74, 6) is 0.776. The third-order valence-corrected chi connectivity index (χ3v) is 4.10. The maximum atomic E-state index is 10.1. The van der Waals surface area contributed by atoms with Crippen molar-refractivity contribution in [1.82, 2.24) is 5.32 Å². The number of hydrogen-bond donors (Lipinski definition) is 2. The first-order chi connectivity index (χ1) is 11.7. The molecule has 2 N–H and O–H groups in total. The lowest BCUT2D eigenvalue weighted by Crippen LogP contribution is -2.34. The number of aliphatic hydroxyl groups is 1. The molecule has 0 heterocycles. The Bertz CT molecular complexity index is 815. The summed E-state index contributed by atoms with van der Waals surface area (Å²) in [5, 5.41) is 15.4. The van der Waals surface area contributed by atoms with E-state index in [2.05, 4.69) is 5.32 Å². The van der Waals surface area contributed by atoms with Gasteiger partial charge in [0.05, 0.1) is 0 Å². The highest BCUT2D eigenvalue weighted by Crippen LogP contribution is 2.25. The number of rotatable bonds is 6. The fourth-order valence-corrected chi connectivity index (χ4v) is 2.69. The first-order valence-electron chi connectivity index (χ1n) is 7.86. The standard InChI is InChI=1S/C20H19NO2S/c22-17(13-21-20(24)16-8-2-1-3-9-16)14-23-19-12-6-10-15-7-4-5-11-18(15)19/h1-12,17,22H,13-14H2,(H,21,24). The minimum atomic E-state index is -0.648. The van der Waals surface area contributed by atoms with Gasteiger partial charge in [-0.3, -0.25) is 0 Å². The summed E-state index contributed by atoms with van der Waals surface area (Å²) in [6.07, 6.45) is -0.648. The molecule has 0 fully saturated rings. The summed E-state index contributed by atoms with van der Waals surface area (Å²) in [5.41, 5.74) is 0.940. The normalized spacial score (nSPS) is 11.9. The van der Waals surface area contributed by atoms with E-state index in [0.717, 1.165) is 22.1 Å². The lowest BCUT2D eigenvalue weighted by atomic mass is 10.1. The fraction of sp³-hybridized carbons (Fsp3) is 0.150. The van der Waals surface area contributed by atoms with Crippen molar-refractivity contribution in [3.63, 3.8) is 0 Å². The second-order valence-electron chi connectivity index (χ2n) is 5.52. The van der Waals surface area contributed by atoms with E-state index in [1.54, 1.807) is 0 Å². The monoisotopic (exact) mass is 337 g/mol. The molecule has 1 atom stereocenters. The minimum Gasteiger partial charge on any atom is -0.490 e. The van der Waals surface area contributed by atoms with Gasteiger partial charge in [0.25, 0.3) is 0 Å². The van der Waals surface area contributed by atoms with E-state index in [1.165, 1.54) is 0 Å². The quantitative estimate of drug-likeness (QED) is 0.675. The molecule has 0 saturated heterocycles. The highest BCUT2D eigenvalue weighted by Gasteiger charge is 2.08. The topological polar surface area (TPSA) is 41.5 Å². The number of aliphatic hydroxyl groups excluding tert-OH is 1. The SMILES string of the molecule is OC(CNC(=S)c1ccccc1)COc1cccc2ccccc12. The van der Waals surface area contributed by atoms with E-state index in [4.69, 9.17) is 17.0 Å². The van der Waals surface area contributed by atoms with Crippen LogP contribution in [-0.2, 0) is 0 Å². The summed E-state index contributed by atoms with van der Waals surface area (Å²) < 4.78 is 5.79. The largest absolute Gasteiger partial charge is 0.490 e. The van der Waals surface area contributed by atoms with Crippen LogP contribution in [0.5, 0.6) is 5.75 Å². The van der Waals surface area contributed by atoms with Gasteiger partial charge in [-0.05, 0) is 11.5 Å². The Morgan fingerprint density at radius 1 is 0.958 bits per heavy atom. The zero-order valence-corrected chi connectivity index (χ0v) is 14.0. The van der Waals surface area contributed by atoms with Crippen molar-refractivity contribution in [2.75, 3.05) is 13.2 Å². The number of ether oxygens (including phenoxy) is 1. The lowest BCUT2D eigenvalue weighted by Gasteiger charge is -2.15. The second-order valence-corrected chi connectivity index (χ2v) is 5.93. The number of nitrogens with one attached hydrogen (secondary N) is 1. The van der Waals surface area contributed by atoms with Crippen molar-refractivity contribution in [3.8, 4) is 5.75 Å². The van der Waals surface area contributed by atoms with Crippen LogP contribution in [0.25, 0.3) is 10.8 Å². The van der Waals surface area contributed by atoms with Crippen LogP contribution in [0, 0.1) is 0 Å². The molecule has 3 nitrogen and oxygen atoms in total. The summed E-state index contributed by atoms with van der Waals surface area (Å²) in [7, 11) is 0. The Kier molecular flexibility index (Phi) is 5.41. The number of thiocarbonyl (C=S) groups is 1. The molecule has 0 bridgehead atoms. The van der Waals surface area contributed by atoms with Crippen molar-refractivity contribution in [2.24, 2.45) is 0 Å². The maximum Gasteiger partial charge on any atom is 0.127 e. The first kappa shape index (κ1) is 16.4. The summed E-state index contributed by atoms with van der Waals surface area (Å²) in [6.45, 7) is 0.552. The van der Waals surface area contributed by atoms with E-state index < -0.39 is 6.10 Å². The summed E-state index contributed by atoms with van der Waals surface area (Å²) >= 11 is 5.32. The van der Waals surface area contributed by atoms with Crippen molar-refractivity contribution in [1.29, 1.82) is 0 Å². The predicted octanol–water partition coefficient (Wildman–Crippen LogP) is 3.54. The second kappa shape index (κ2) is 7.90. The molecule has 1 unspecified atom stereocenters. The Morgan fingerprint density at radius 3 is 2.50 bits per heavy atom. The van der Waals surface area contributed by atoms with E-state index in [1.807, 2.05) is 72.8 Å². The van der Waals surface area contributed by atoms with Crippen molar-refractivity contribution < 1.29 is 9.84 Å². The molecule has 3 aromatic carbocycles. The average Bonchev–Trinajstić information content (AvgIpc) is 2.65. The highest BCUT2D eigenvalue weighted by atomic mass is 32.1. The van der Waals surface area contributed by atoms with Crippen LogP contribution in [0.2, 0.25) is 0 Å². The van der Waals surface area contributed by atoms with Crippen LogP contribution in [0.4, 0.5) is 0 Å². The third kappa shape index (κ3) is 4.10. The van der Waals surface area contributed by atoms with E-state index in [9.17, 15) is 5.11 Å². The molecule has 0 spiro atoms. The van der Waals surface area contributed by atoms with Crippen LogP contribution in [0.3, 0.4) is 0 Å². The van der Waals surface area contributed by atoms with Crippen molar-refractivity contribution >= 4 is 28.0 Å². The third-order valence-electron chi connectivity index (χ3n) is 3.72. The van der Waals surface area contributed by atoms with Crippen LogP contribution in [0.1, 0.15) is 5.56 Å². The van der Waals surface area contributed by atoms with Gasteiger partial charge >= 0.3 is 0 Å². The van der Waals surface area contributed by atoms with Crippen molar-refractivity contribution in [3.05, 3.63) is 78.4 Å². The molecule has 3 rings (SSSR count). The van der Waals surface area contributed by atoms with Gasteiger partial charge in [-0.25, -0.2) is 0 Å². The molecule has 122 valence electrons. The lowest BCUT2D eigenvalue weighted by molar-refractivity contribution is 0.111. The molecule has 0 amide bonds. The van der Waals surface area contributed by atoms with Gasteiger partial charge in [-0.2, -0.15) is 0 Å². The van der Waals surface area contributed by atoms with Gasteiger partial charge in [0.2, 0.25) is 0 Å². The molecule has 0 aromatic heterocycles. The number of hydrogen-bond acceptors (Lipinski definition) is 3. The molecule has 24 heavy (non-hydrogen) atoms. The van der Waals surface area contributed by atoms with E-state index >= 15 is 0 Å². The zero-order chi connectivity index (χ0) is 16.8. The van der Waals surface area contributed by atoms with Crippen molar-refractivity contribution in [2.45, 2.75) is 6.10 Å². The van der Waals surface area contributed by atoms with Crippen LogP contribution in [0.15, 0.2) is 72.8 Å². The van der Waals surface area contributed by atoms with Gasteiger partial charge in [0.15, 0.2) is 0 Å². The zero-order valence-electron chi connectivity index (χ0n) is 13.2. The maximum absolute atomic E-state index is 10.1. The molecule has 0 aliphatic carbocycles. The molecular weight excluding hydrogens is 318 g/mol. The molecule has 0 aliphatic heterocycles. The molecule has 0 saturated carbocycles. The van der Waals surface area contributed by atoms with Gasteiger partial charge < -0.3 is 15.2 Å².